The Hall–Kier alpha value is -1.08. The van der Waals surface area contributed by atoms with Crippen LogP contribution in [0.3, 0.4) is 0 Å². The number of benzene rings is 1. The molecule has 1 aliphatic rings. The van der Waals surface area contributed by atoms with Crippen molar-refractivity contribution in [2.75, 3.05) is 19.8 Å². The zero-order valence-electron chi connectivity index (χ0n) is 10.5. The monoisotopic (exact) mass is 264 g/mol. The van der Waals surface area contributed by atoms with E-state index in [2.05, 4.69) is 17.9 Å². The number of nitrogens with zero attached hydrogens (tertiary/aromatic N) is 2. The Morgan fingerprint density at radius 2 is 2.39 bits per heavy atom. The van der Waals surface area contributed by atoms with Gasteiger partial charge in [-0.05, 0) is 24.1 Å². The number of hydrogen-bond donors (Lipinski definition) is 0. The summed E-state index contributed by atoms with van der Waals surface area (Å²) in [7, 11) is 0. The predicted octanol–water partition coefficient (Wildman–Crippen LogP) is 2.82. The van der Waals surface area contributed by atoms with E-state index >= 15 is 0 Å². The van der Waals surface area contributed by atoms with Gasteiger partial charge in [0.1, 0.15) is 0 Å². The van der Waals surface area contributed by atoms with E-state index in [0.29, 0.717) is 16.6 Å². The van der Waals surface area contributed by atoms with Crippen molar-refractivity contribution >= 4 is 11.6 Å². The van der Waals surface area contributed by atoms with Crippen LogP contribution in [0.1, 0.15) is 24.5 Å². The molecule has 0 amide bonds. The van der Waals surface area contributed by atoms with E-state index in [0.717, 1.165) is 38.3 Å². The van der Waals surface area contributed by atoms with E-state index in [1.54, 1.807) is 6.07 Å². The number of nitriles is 1. The lowest BCUT2D eigenvalue weighted by Gasteiger charge is -2.35. The molecule has 2 rings (SSSR count). The molecule has 1 unspecified atom stereocenters. The Kier molecular flexibility index (Phi) is 4.60. The lowest BCUT2D eigenvalue weighted by molar-refractivity contribution is -0.0127. The highest BCUT2D eigenvalue weighted by molar-refractivity contribution is 6.31. The van der Waals surface area contributed by atoms with Gasteiger partial charge in [-0.15, -0.1) is 0 Å². The standard InChI is InChI=1S/C14H17ClN2O/c1-2-13-10-18-6-5-17(13)9-12-4-3-11(8-16)7-14(12)15/h3-4,7,13H,2,5-6,9-10H2,1H3. The highest BCUT2D eigenvalue weighted by atomic mass is 35.5. The van der Waals surface area contributed by atoms with Gasteiger partial charge in [0.05, 0.1) is 24.8 Å². The molecule has 0 N–H and O–H groups in total. The molecule has 0 spiro atoms. The van der Waals surface area contributed by atoms with Gasteiger partial charge in [0.2, 0.25) is 0 Å². The van der Waals surface area contributed by atoms with Crippen molar-refractivity contribution in [3.8, 4) is 6.07 Å². The maximum atomic E-state index is 8.82. The van der Waals surface area contributed by atoms with Crippen molar-refractivity contribution in [1.29, 1.82) is 5.26 Å². The summed E-state index contributed by atoms with van der Waals surface area (Å²) < 4.78 is 5.49. The Labute approximate surface area is 113 Å². The molecule has 0 bridgehead atoms. The first-order valence-corrected chi connectivity index (χ1v) is 6.62. The largest absolute Gasteiger partial charge is 0.378 e. The number of halogens is 1. The van der Waals surface area contributed by atoms with Crippen LogP contribution in [0, 0.1) is 11.3 Å². The van der Waals surface area contributed by atoms with E-state index < -0.39 is 0 Å². The molecule has 0 radical (unpaired) electrons. The number of rotatable bonds is 3. The summed E-state index contributed by atoms with van der Waals surface area (Å²) in [6.07, 6.45) is 1.08. The van der Waals surface area contributed by atoms with Gasteiger partial charge in [0.15, 0.2) is 0 Å². The molecule has 1 atom stereocenters. The van der Waals surface area contributed by atoms with Crippen LogP contribution in [-0.4, -0.2) is 30.7 Å². The fraction of sp³-hybridized carbons (Fsp3) is 0.500. The molecule has 96 valence electrons. The third-order valence-electron chi connectivity index (χ3n) is 3.38. The average Bonchev–Trinajstić information content (AvgIpc) is 2.41. The number of hydrogen-bond acceptors (Lipinski definition) is 3. The van der Waals surface area contributed by atoms with Gasteiger partial charge < -0.3 is 4.74 Å². The van der Waals surface area contributed by atoms with E-state index in [1.807, 2.05) is 12.1 Å². The maximum absolute atomic E-state index is 8.82. The molecule has 3 nitrogen and oxygen atoms in total. The molecule has 1 aliphatic heterocycles. The van der Waals surface area contributed by atoms with Gasteiger partial charge in [-0.1, -0.05) is 24.6 Å². The van der Waals surface area contributed by atoms with Crippen LogP contribution < -0.4 is 0 Å². The molecule has 1 aromatic carbocycles. The summed E-state index contributed by atoms with van der Waals surface area (Å²) in [4.78, 5) is 2.40. The Bertz CT molecular complexity index is 456. The minimum absolute atomic E-state index is 0.463. The van der Waals surface area contributed by atoms with Crippen LogP contribution in [-0.2, 0) is 11.3 Å². The first-order chi connectivity index (χ1) is 8.74. The summed E-state index contributed by atoms with van der Waals surface area (Å²) >= 11 is 6.21. The van der Waals surface area contributed by atoms with E-state index in [4.69, 9.17) is 21.6 Å². The summed E-state index contributed by atoms with van der Waals surface area (Å²) in [5.41, 5.74) is 1.69. The van der Waals surface area contributed by atoms with E-state index in [1.165, 1.54) is 0 Å². The first-order valence-electron chi connectivity index (χ1n) is 6.25. The highest BCUT2D eigenvalue weighted by Gasteiger charge is 2.21. The average molecular weight is 265 g/mol. The fourth-order valence-electron chi connectivity index (χ4n) is 2.24. The Morgan fingerprint density at radius 1 is 1.56 bits per heavy atom. The quantitative estimate of drug-likeness (QED) is 0.842. The minimum Gasteiger partial charge on any atom is -0.378 e. The second-order valence-electron chi connectivity index (χ2n) is 4.53. The van der Waals surface area contributed by atoms with Crippen molar-refractivity contribution in [2.45, 2.75) is 25.9 Å². The van der Waals surface area contributed by atoms with Crippen molar-refractivity contribution in [2.24, 2.45) is 0 Å². The molecule has 0 aliphatic carbocycles. The van der Waals surface area contributed by atoms with Gasteiger partial charge in [-0.2, -0.15) is 5.26 Å². The van der Waals surface area contributed by atoms with E-state index in [-0.39, 0.29) is 0 Å². The second-order valence-corrected chi connectivity index (χ2v) is 4.93. The summed E-state index contributed by atoms with van der Waals surface area (Å²) in [6, 6.07) is 8.07. The van der Waals surface area contributed by atoms with Crippen LogP contribution in [0.2, 0.25) is 5.02 Å². The first kappa shape index (κ1) is 13.4. The SMILES string of the molecule is CCC1COCCN1Cc1ccc(C#N)cc1Cl. The number of ether oxygens (including phenoxy) is 1. The second kappa shape index (κ2) is 6.19. The van der Waals surface area contributed by atoms with Gasteiger partial charge >= 0.3 is 0 Å². The molecule has 4 heteroatoms. The lowest BCUT2D eigenvalue weighted by atomic mass is 10.1. The third kappa shape index (κ3) is 3.02. The van der Waals surface area contributed by atoms with Crippen molar-refractivity contribution in [1.82, 2.24) is 4.90 Å². The zero-order valence-corrected chi connectivity index (χ0v) is 11.3. The molecule has 0 aromatic heterocycles. The number of morpholine rings is 1. The minimum atomic E-state index is 0.463. The van der Waals surface area contributed by atoms with Crippen LogP contribution in [0.15, 0.2) is 18.2 Å². The van der Waals surface area contributed by atoms with Gasteiger partial charge in [-0.25, -0.2) is 0 Å². The van der Waals surface area contributed by atoms with Crippen molar-refractivity contribution in [3.05, 3.63) is 34.3 Å². The molecular weight excluding hydrogens is 248 g/mol. The smallest absolute Gasteiger partial charge is 0.0992 e. The molecule has 1 saturated heterocycles. The van der Waals surface area contributed by atoms with Gasteiger partial charge in [0, 0.05) is 24.2 Å². The normalized spacial score (nSPS) is 20.6. The lowest BCUT2D eigenvalue weighted by Crippen LogP contribution is -2.44. The van der Waals surface area contributed by atoms with Gasteiger partial charge in [0.25, 0.3) is 0 Å². The molecule has 0 saturated carbocycles. The predicted molar refractivity (Wildman–Crippen MR) is 71.5 cm³/mol. The van der Waals surface area contributed by atoms with Crippen molar-refractivity contribution in [3.63, 3.8) is 0 Å². The molecule has 18 heavy (non-hydrogen) atoms. The topological polar surface area (TPSA) is 36.3 Å². The molecule has 1 fully saturated rings. The van der Waals surface area contributed by atoms with Crippen LogP contribution in [0.25, 0.3) is 0 Å². The fourth-order valence-corrected chi connectivity index (χ4v) is 2.48. The summed E-state index contributed by atoms with van der Waals surface area (Å²) in [5.74, 6) is 0. The van der Waals surface area contributed by atoms with Gasteiger partial charge in [-0.3, -0.25) is 4.90 Å². The van der Waals surface area contributed by atoms with E-state index in [9.17, 15) is 0 Å². The third-order valence-corrected chi connectivity index (χ3v) is 3.73. The zero-order chi connectivity index (χ0) is 13.0. The summed E-state index contributed by atoms with van der Waals surface area (Å²) in [6.45, 7) is 5.52. The van der Waals surface area contributed by atoms with Crippen molar-refractivity contribution < 1.29 is 4.74 Å². The van der Waals surface area contributed by atoms with Crippen LogP contribution >= 0.6 is 11.6 Å². The Morgan fingerprint density at radius 3 is 3.06 bits per heavy atom. The Balaban J connectivity index is 2.10. The van der Waals surface area contributed by atoms with Crippen LogP contribution in [0.4, 0.5) is 0 Å². The highest BCUT2D eigenvalue weighted by Crippen LogP contribution is 2.22. The summed E-state index contributed by atoms with van der Waals surface area (Å²) in [5, 5.41) is 9.50. The maximum Gasteiger partial charge on any atom is 0.0992 e. The molecular formula is C14H17ClN2O. The molecule has 1 aromatic rings. The molecule has 1 heterocycles. The van der Waals surface area contributed by atoms with Crippen LogP contribution in [0.5, 0.6) is 0 Å².